The molecule has 0 aromatic rings. The molecule has 11 atom stereocenters. The lowest BCUT2D eigenvalue weighted by Gasteiger charge is -2.59. The summed E-state index contributed by atoms with van der Waals surface area (Å²) in [7, 11) is 0. The monoisotopic (exact) mass is 430 g/mol. The molecule has 0 unspecified atom stereocenters. The second-order valence-electron chi connectivity index (χ2n) is 12.7. The minimum Gasteiger partial charge on any atom is -0.390 e. The molecule has 3 nitrogen and oxygen atoms in total. The molecule has 0 saturated heterocycles. The fourth-order valence-electron chi connectivity index (χ4n) is 8.81. The van der Waals surface area contributed by atoms with Gasteiger partial charge in [0.05, 0.1) is 12.2 Å². The number of fused-ring (bicyclic) bond motifs is 5. The van der Waals surface area contributed by atoms with Gasteiger partial charge < -0.3 is 10.2 Å². The van der Waals surface area contributed by atoms with Gasteiger partial charge in [0, 0.05) is 12.3 Å². The third kappa shape index (κ3) is 3.57. The largest absolute Gasteiger partial charge is 0.390 e. The van der Waals surface area contributed by atoms with Gasteiger partial charge in [-0.3, -0.25) is 4.79 Å². The van der Waals surface area contributed by atoms with Crippen molar-refractivity contribution < 1.29 is 15.0 Å². The second kappa shape index (κ2) is 8.28. The third-order valence-electron chi connectivity index (χ3n) is 11.2. The van der Waals surface area contributed by atoms with Crippen LogP contribution < -0.4 is 0 Å². The Morgan fingerprint density at radius 3 is 2.29 bits per heavy atom. The number of hydrogen-bond acceptors (Lipinski definition) is 3. The molecule has 0 radical (unpaired) electrons. The minimum absolute atomic E-state index is 0.0861. The number of aliphatic hydroxyl groups is 2. The minimum atomic E-state index is -0.672. The van der Waals surface area contributed by atoms with E-state index in [4.69, 9.17) is 0 Å². The quantitative estimate of drug-likeness (QED) is 0.555. The average molecular weight is 431 g/mol. The Bertz CT molecular complexity index is 713. The highest BCUT2D eigenvalue weighted by molar-refractivity contribution is 5.83. The SMILES string of the molecule is CC(C)[C@@H](C)[C@@H](O)[C@H](O)[C@@H](C)[C@@H]1CC[C@H]2[C@@H]3CC(=O)[C@H]4CC=CC[C@]4(C)[C@H]3CC[C@]12C. The molecule has 4 aliphatic rings. The maximum absolute atomic E-state index is 13.2. The summed E-state index contributed by atoms with van der Waals surface area (Å²) in [5.74, 6) is 3.44. The van der Waals surface area contributed by atoms with Crippen LogP contribution in [0.5, 0.6) is 0 Å². The van der Waals surface area contributed by atoms with Gasteiger partial charge in [-0.05, 0) is 90.8 Å². The number of rotatable bonds is 5. The van der Waals surface area contributed by atoms with E-state index in [0.717, 1.165) is 25.7 Å². The van der Waals surface area contributed by atoms with Crippen molar-refractivity contribution in [3.63, 3.8) is 0 Å². The molecule has 0 heterocycles. The molecule has 0 aromatic carbocycles. The lowest BCUT2D eigenvalue weighted by molar-refractivity contribution is -0.151. The predicted octanol–water partition coefficient (Wildman–Crippen LogP) is 5.64. The zero-order valence-corrected chi connectivity index (χ0v) is 20.7. The molecule has 3 fully saturated rings. The van der Waals surface area contributed by atoms with Crippen molar-refractivity contribution in [1.82, 2.24) is 0 Å². The first kappa shape index (κ1) is 23.5. The van der Waals surface area contributed by atoms with E-state index in [2.05, 4.69) is 53.7 Å². The van der Waals surface area contributed by atoms with Crippen LogP contribution in [0.1, 0.15) is 86.5 Å². The topological polar surface area (TPSA) is 57.5 Å². The number of allylic oxidation sites excluding steroid dienone is 2. The van der Waals surface area contributed by atoms with Crippen LogP contribution >= 0.6 is 0 Å². The molecule has 4 aliphatic carbocycles. The Hall–Kier alpha value is -0.670. The van der Waals surface area contributed by atoms with Crippen LogP contribution in [-0.4, -0.2) is 28.2 Å². The summed E-state index contributed by atoms with van der Waals surface area (Å²) in [6, 6.07) is 0. The molecule has 0 aromatic heterocycles. The van der Waals surface area contributed by atoms with Crippen LogP contribution in [-0.2, 0) is 4.79 Å². The number of ketones is 1. The van der Waals surface area contributed by atoms with Crippen molar-refractivity contribution in [2.45, 2.75) is 98.7 Å². The summed E-state index contributed by atoms with van der Waals surface area (Å²) in [4.78, 5) is 13.2. The zero-order chi connectivity index (χ0) is 22.7. The first-order valence-electron chi connectivity index (χ1n) is 13.1. The summed E-state index contributed by atoms with van der Waals surface area (Å²) < 4.78 is 0. The van der Waals surface area contributed by atoms with E-state index in [-0.39, 0.29) is 28.6 Å². The predicted molar refractivity (Wildman–Crippen MR) is 125 cm³/mol. The molecule has 3 saturated carbocycles. The van der Waals surface area contributed by atoms with Gasteiger partial charge in [0.1, 0.15) is 5.78 Å². The number of aliphatic hydroxyl groups excluding tert-OH is 2. The van der Waals surface area contributed by atoms with Crippen LogP contribution in [0.25, 0.3) is 0 Å². The summed E-state index contributed by atoms with van der Waals surface area (Å²) in [6.45, 7) is 13.3. The van der Waals surface area contributed by atoms with Crippen molar-refractivity contribution in [1.29, 1.82) is 0 Å². The Balaban J connectivity index is 1.55. The number of carbonyl (C=O) groups is 1. The molecule has 0 amide bonds. The van der Waals surface area contributed by atoms with E-state index in [1.807, 2.05) is 0 Å². The molecule has 3 heteroatoms. The van der Waals surface area contributed by atoms with Gasteiger partial charge in [0.15, 0.2) is 0 Å². The average Bonchev–Trinajstić information content (AvgIpc) is 3.08. The normalized spacial score (nSPS) is 46.1. The van der Waals surface area contributed by atoms with E-state index in [0.29, 0.717) is 35.4 Å². The van der Waals surface area contributed by atoms with Crippen molar-refractivity contribution in [2.75, 3.05) is 0 Å². The second-order valence-corrected chi connectivity index (χ2v) is 12.7. The molecule has 4 rings (SSSR count). The number of hydrogen-bond donors (Lipinski definition) is 2. The van der Waals surface area contributed by atoms with Crippen LogP contribution in [0.2, 0.25) is 0 Å². The van der Waals surface area contributed by atoms with Gasteiger partial charge in [-0.25, -0.2) is 0 Å². The lowest BCUT2D eigenvalue weighted by Crippen LogP contribution is -2.56. The van der Waals surface area contributed by atoms with Crippen molar-refractivity contribution in [3.05, 3.63) is 12.2 Å². The Morgan fingerprint density at radius 1 is 0.935 bits per heavy atom. The fourth-order valence-corrected chi connectivity index (χ4v) is 8.81. The van der Waals surface area contributed by atoms with Crippen LogP contribution in [0.4, 0.5) is 0 Å². The highest BCUT2D eigenvalue weighted by Crippen LogP contribution is 2.67. The molecule has 31 heavy (non-hydrogen) atoms. The molecular weight excluding hydrogens is 384 g/mol. The van der Waals surface area contributed by atoms with Gasteiger partial charge in [0.25, 0.3) is 0 Å². The van der Waals surface area contributed by atoms with Gasteiger partial charge in [0.2, 0.25) is 0 Å². The molecular formula is C28H46O3. The van der Waals surface area contributed by atoms with Crippen LogP contribution in [0.3, 0.4) is 0 Å². The van der Waals surface area contributed by atoms with Crippen molar-refractivity contribution >= 4 is 5.78 Å². The van der Waals surface area contributed by atoms with Crippen LogP contribution in [0, 0.1) is 58.2 Å². The van der Waals surface area contributed by atoms with Crippen molar-refractivity contribution in [2.24, 2.45) is 58.2 Å². The maximum Gasteiger partial charge on any atom is 0.137 e. The van der Waals surface area contributed by atoms with E-state index in [9.17, 15) is 15.0 Å². The Labute approximate surface area is 190 Å². The molecule has 0 bridgehead atoms. The lowest BCUT2D eigenvalue weighted by atomic mass is 9.45. The van der Waals surface area contributed by atoms with Gasteiger partial charge in [-0.2, -0.15) is 0 Å². The highest BCUT2D eigenvalue weighted by atomic mass is 16.3. The third-order valence-corrected chi connectivity index (χ3v) is 11.2. The first-order chi connectivity index (χ1) is 14.5. The van der Waals surface area contributed by atoms with Gasteiger partial charge >= 0.3 is 0 Å². The smallest absolute Gasteiger partial charge is 0.137 e. The summed E-state index contributed by atoms with van der Waals surface area (Å²) in [5.41, 5.74) is 0.318. The van der Waals surface area contributed by atoms with E-state index in [1.54, 1.807) is 0 Å². The van der Waals surface area contributed by atoms with Gasteiger partial charge in [-0.15, -0.1) is 0 Å². The summed E-state index contributed by atoms with van der Waals surface area (Å²) >= 11 is 0. The maximum atomic E-state index is 13.2. The molecule has 0 aliphatic heterocycles. The Morgan fingerprint density at radius 2 is 1.61 bits per heavy atom. The highest BCUT2D eigenvalue weighted by Gasteiger charge is 2.62. The number of carbonyl (C=O) groups excluding carboxylic acids is 1. The van der Waals surface area contributed by atoms with E-state index < -0.39 is 12.2 Å². The molecule has 2 N–H and O–H groups in total. The number of Topliss-reactive ketones (excluding diaryl/α,β-unsaturated/α-hetero) is 1. The standard InChI is InChI=1S/C28H46O3/c1-16(2)17(3)25(30)26(31)18(4)20-10-11-21-19-15-24(29)23-9-7-8-13-27(23,5)22(19)12-14-28(20,21)6/h7-8,16-23,25-26,30-31H,9-15H2,1-6H3/t17-,18+,19+,20+,21+,22+,23-,25-,26-,27-,28-/m1/s1. The van der Waals surface area contributed by atoms with Gasteiger partial charge in [-0.1, -0.05) is 53.7 Å². The van der Waals surface area contributed by atoms with Crippen molar-refractivity contribution in [3.8, 4) is 0 Å². The first-order valence-corrected chi connectivity index (χ1v) is 13.1. The van der Waals surface area contributed by atoms with Crippen LogP contribution in [0.15, 0.2) is 12.2 Å². The molecule has 176 valence electrons. The Kier molecular flexibility index (Phi) is 6.27. The summed E-state index contributed by atoms with van der Waals surface area (Å²) in [6.07, 6.45) is 10.7. The van der Waals surface area contributed by atoms with E-state index in [1.165, 1.54) is 19.3 Å². The molecule has 0 spiro atoms. The van der Waals surface area contributed by atoms with E-state index >= 15 is 0 Å². The fraction of sp³-hybridized carbons (Fsp3) is 0.893. The summed E-state index contributed by atoms with van der Waals surface area (Å²) in [5, 5.41) is 22.0. The zero-order valence-electron chi connectivity index (χ0n) is 20.7.